The summed E-state index contributed by atoms with van der Waals surface area (Å²) in [5.74, 6) is -2.06. The molecule has 0 spiro atoms. The van der Waals surface area contributed by atoms with E-state index in [2.05, 4.69) is 20.1 Å². The van der Waals surface area contributed by atoms with Crippen molar-refractivity contribution in [1.29, 1.82) is 0 Å². The van der Waals surface area contributed by atoms with E-state index in [1.807, 2.05) is 25.1 Å². The first-order valence-electron chi connectivity index (χ1n) is 10.4. The van der Waals surface area contributed by atoms with Crippen molar-refractivity contribution in [3.05, 3.63) is 70.7 Å². The number of carbonyl (C=O) groups is 1. The number of aromatic amines is 1. The molecule has 172 valence electrons. The van der Waals surface area contributed by atoms with Gasteiger partial charge < -0.3 is 14.3 Å². The molecule has 1 amide bonds. The second-order valence-corrected chi connectivity index (χ2v) is 8.51. The number of aromatic nitrogens is 5. The van der Waals surface area contributed by atoms with Crippen LogP contribution in [0.15, 0.2) is 35.1 Å². The lowest BCUT2D eigenvalue weighted by Crippen LogP contribution is -2.41. The number of alkyl halides is 3. The van der Waals surface area contributed by atoms with Crippen LogP contribution in [0.2, 0.25) is 0 Å². The predicted octanol–water partition coefficient (Wildman–Crippen LogP) is 4.28. The Morgan fingerprint density at radius 3 is 2.85 bits per heavy atom. The fourth-order valence-electron chi connectivity index (χ4n) is 4.12. The maximum absolute atomic E-state index is 14.4. The summed E-state index contributed by atoms with van der Waals surface area (Å²) in [5.41, 5.74) is 0.745. The number of hydrogen-bond acceptors (Lipinski definition) is 5. The first kappa shape index (κ1) is 21.2. The van der Waals surface area contributed by atoms with Gasteiger partial charge in [0, 0.05) is 24.9 Å². The molecule has 1 aliphatic heterocycles. The molecule has 1 N–H and O–H groups in total. The summed E-state index contributed by atoms with van der Waals surface area (Å²) >= 11 is 0. The van der Waals surface area contributed by atoms with Gasteiger partial charge in [-0.25, -0.2) is 27.7 Å². The first-order chi connectivity index (χ1) is 15.6. The van der Waals surface area contributed by atoms with Gasteiger partial charge in [-0.05, 0) is 38.5 Å². The number of pyridine rings is 1. The van der Waals surface area contributed by atoms with Crippen molar-refractivity contribution in [3.63, 3.8) is 0 Å². The number of carbonyl (C=O) groups excluding carboxylic acids is 1. The number of fused-ring (bicyclic) bond motifs is 2. The van der Waals surface area contributed by atoms with Crippen LogP contribution in [0.5, 0.6) is 0 Å². The summed E-state index contributed by atoms with van der Waals surface area (Å²) in [7, 11) is 0. The van der Waals surface area contributed by atoms with Gasteiger partial charge in [-0.1, -0.05) is 6.07 Å². The lowest BCUT2D eigenvalue weighted by molar-refractivity contribution is 0.0630. The number of H-pyrrole nitrogens is 1. The minimum Gasteiger partial charge on any atom is -0.431 e. The van der Waals surface area contributed by atoms with Crippen LogP contribution in [0.4, 0.5) is 13.2 Å². The average Bonchev–Trinajstić information content (AvgIpc) is 3.49. The predicted molar refractivity (Wildman–Crippen MR) is 111 cm³/mol. The van der Waals surface area contributed by atoms with Crippen LogP contribution in [0.1, 0.15) is 71.1 Å². The molecule has 4 aromatic heterocycles. The molecule has 8 nitrogen and oxygen atoms in total. The van der Waals surface area contributed by atoms with Crippen molar-refractivity contribution < 1.29 is 22.4 Å². The molecule has 0 radical (unpaired) electrons. The van der Waals surface area contributed by atoms with Gasteiger partial charge in [0.2, 0.25) is 11.7 Å². The number of nitrogens with one attached hydrogen (secondary N) is 1. The summed E-state index contributed by atoms with van der Waals surface area (Å²) in [6.07, 6.45) is 0.637. The molecule has 1 atom stereocenters. The molecule has 11 heteroatoms. The van der Waals surface area contributed by atoms with Gasteiger partial charge in [-0.15, -0.1) is 0 Å². The number of nitrogens with zero attached hydrogens (tertiary/aromatic N) is 5. The smallest absolute Gasteiger partial charge is 0.292 e. The van der Waals surface area contributed by atoms with Crippen molar-refractivity contribution in [2.24, 2.45) is 0 Å². The Kier molecular flexibility index (Phi) is 4.80. The van der Waals surface area contributed by atoms with Gasteiger partial charge in [-0.2, -0.15) is 5.10 Å². The SMILES string of the molecule is Cc1cccn2nc([C@@H]3c4nc[nH]c4CCN3C(=O)c3oc(C(C)(C)F)nc3C(F)F)cc12. The Morgan fingerprint density at radius 1 is 1.36 bits per heavy atom. The number of halogens is 3. The number of aryl methyl sites for hydroxylation is 1. The quantitative estimate of drug-likeness (QED) is 0.493. The van der Waals surface area contributed by atoms with E-state index in [-0.39, 0.29) is 6.54 Å². The summed E-state index contributed by atoms with van der Waals surface area (Å²) in [4.78, 5) is 25.9. The van der Waals surface area contributed by atoms with Crippen molar-refractivity contribution in [2.45, 2.75) is 45.3 Å². The van der Waals surface area contributed by atoms with Gasteiger partial charge in [-0.3, -0.25) is 4.79 Å². The van der Waals surface area contributed by atoms with Crippen LogP contribution < -0.4 is 0 Å². The van der Waals surface area contributed by atoms with E-state index >= 15 is 0 Å². The Balaban J connectivity index is 1.63. The highest BCUT2D eigenvalue weighted by Crippen LogP contribution is 2.37. The summed E-state index contributed by atoms with van der Waals surface area (Å²) in [5, 5.41) is 4.62. The average molecular weight is 458 g/mol. The molecule has 0 saturated heterocycles. The van der Waals surface area contributed by atoms with E-state index in [1.54, 1.807) is 10.7 Å². The first-order valence-corrected chi connectivity index (χ1v) is 10.4. The van der Waals surface area contributed by atoms with Crippen LogP contribution in [-0.4, -0.2) is 41.9 Å². The highest BCUT2D eigenvalue weighted by atomic mass is 19.3. The molecule has 0 unspecified atom stereocenters. The zero-order valence-electron chi connectivity index (χ0n) is 18.1. The molecular formula is C22H21F3N6O2. The van der Waals surface area contributed by atoms with Gasteiger partial charge in [0.1, 0.15) is 6.04 Å². The molecule has 4 aromatic rings. The normalized spacial score (nSPS) is 16.6. The minimum atomic E-state index is -3.11. The van der Waals surface area contributed by atoms with Crippen LogP contribution in [-0.2, 0) is 12.1 Å². The van der Waals surface area contributed by atoms with Crippen molar-refractivity contribution in [1.82, 2.24) is 29.5 Å². The summed E-state index contributed by atoms with van der Waals surface area (Å²) < 4.78 is 48.8. The van der Waals surface area contributed by atoms with Crippen molar-refractivity contribution >= 4 is 11.4 Å². The number of oxazole rings is 1. The minimum absolute atomic E-state index is 0.198. The van der Waals surface area contributed by atoms with E-state index in [1.165, 1.54) is 11.2 Å². The second kappa shape index (κ2) is 7.46. The molecule has 5 heterocycles. The van der Waals surface area contributed by atoms with Crippen molar-refractivity contribution in [2.75, 3.05) is 6.54 Å². The van der Waals surface area contributed by atoms with E-state index in [0.29, 0.717) is 17.8 Å². The van der Waals surface area contributed by atoms with E-state index in [4.69, 9.17) is 4.42 Å². The third kappa shape index (κ3) is 3.47. The number of rotatable bonds is 4. The van der Waals surface area contributed by atoms with Crippen molar-refractivity contribution in [3.8, 4) is 0 Å². The molecule has 0 saturated carbocycles. The highest BCUT2D eigenvalue weighted by molar-refractivity contribution is 5.93. The molecule has 0 fully saturated rings. The summed E-state index contributed by atoms with van der Waals surface area (Å²) in [6.45, 7) is 4.39. The van der Waals surface area contributed by atoms with Crippen LogP contribution in [0, 0.1) is 6.92 Å². The lowest BCUT2D eigenvalue weighted by Gasteiger charge is -2.33. The maximum atomic E-state index is 14.4. The van der Waals surface area contributed by atoms with Gasteiger partial charge in [0.25, 0.3) is 12.3 Å². The second-order valence-electron chi connectivity index (χ2n) is 8.51. The fraction of sp³-hybridized carbons (Fsp3) is 0.364. The molecule has 33 heavy (non-hydrogen) atoms. The monoisotopic (exact) mass is 458 g/mol. The molecular weight excluding hydrogens is 437 g/mol. The van der Waals surface area contributed by atoms with Gasteiger partial charge in [0.15, 0.2) is 11.4 Å². The number of imidazole rings is 1. The fourth-order valence-corrected chi connectivity index (χ4v) is 4.12. The number of hydrogen-bond donors (Lipinski definition) is 1. The molecule has 0 aromatic carbocycles. The van der Waals surface area contributed by atoms with Gasteiger partial charge >= 0.3 is 0 Å². The van der Waals surface area contributed by atoms with Gasteiger partial charge in [0.05, 0.1) is 23.2 Å². The standard InChI is InChI=1S/C22H21F3N6O2/c1-11-5-4-7-31-14(11)9-13(29-31)17-15-12(26-10-27-15)6-8-30(17)20(32)18-16(19(23)24)28-21(33-18)22(2,3)25/h4-5,7,9-10,17,19H,6,8H2,1-3H3,(H,26,27)/t17-/m1/s1. The van der Waals surface area contributed by atoms with Crippen LogP contribution in [0.3, 0.4) is 0 Å². The third-order valence-corrected chi connectivity index (χ3v) is 5.76. The largest absolute Gasteiger partial charge is 0.431 e. The van der Waals surface area contributed by atoms with E-state index < -0.39 is 41.4 Å². The Morgan fingerprint density at radius 2 is 2.15 bits per heavy atom. The van der Waals surface area contributed by atoms with Crippen LogP contribution in [0.25, 0.3) is 5.52 Å². The molecule has 5 rings (SSSR count). The Bertz CT molecular complexity index is 1350. The zero-order chi connectivity index (χ0) is 23.5. The van der Waals surface area contributed by atoms with E-state index in [9.17, 15) is 18.0 Å². The van der Waals surface area contributed by atoms with Crippen LogP contribution >= 0.6 is 0 Å². The molecule has 0 bridgehead atoms. The Hall–Kier alpha value is -3.63. The number of amides is 1. The zero-order valence-corrected chi connectivity index (χ0v) is 18.1. The maximum Gasteiger partial charge on any atom is 0.292 e. The summed E-state index contributed by atoms with van der Waals surface area (Å²) in [6, 6.07) is 4.89. The van der Waals surface area contributed by atoms with E-state index in [0.717, 1.165) is 30.6 Å². The highest BCUT2D eigenvalue weighted by Gasteiger charge is 2.41. The third-order valence-electron chi connectivity index (χ3n) is 5.76. The Labute approximate surface area is 186 Å². The topological polar surface area (TPSA) is 92.3 Å². The molecule has 1 aliphatic rings. The molecule has 0 aliphatic carbocycles. The lowest BCUT2D eigenvalue weighted by atomic mass is 9.99.